The Morgan fingerprint density at radius 1 is 1.53 bits per heavy atom. The van der Waals surface area contributed by atoms with E-state index in [0.29, 0.717) is 15.2 Å². The van der Waals surface area contributed by atoms with Crippen LogP contribution in [0.1, 0.15) is 19.3 Å². The standard InChI is InChI=1S/C10H14BrNO3S2/c11-8-4-5-16-10(8)17(14,15)12-6-7-2-1-3-9(7)13/h4-5,7,9,12-13H,1-3,6H2. The molecule has 1 aliphatic carbocycles. The summed E-state index contributed by atoms with van der Waals surface area (Å²) in [6, 6.07) is 1.71. The molecule has 1 fully saturated rings. The van der Waals surface area contributed by atoms with Crippen molar-refractivity contribution in [2.75, 3.05) is 6.54 Å². The molecule has 2 atom stereocenters. The summed E-state index contributed by atoms with van der Waals surface area (Å²) in [5, 5.41) is 11.4. The molecule has 1 saturated carbocycles. The van der Waals surface area contributed by atoms with E-state index in [1.54, 1.807) is 11.4 Å². The van der Waals surface area contributed by atoms with Gasteiger partial charge in [-0.1, -0.05) is 6.42 Å². The molecule has 0 bridgehead atoms. The molecule has 2 rings (SSSR count). The number of aliphatic hydroxyl groups is 1. The summed E-state index contributed by atoms with van der Waals surface area (Å²) in [6.45, 7) is 0.313. The minimum Gasteiger partial charge on any atom is -0.393 e. The van der Waals surface area contributed by atoms with Gasteiger partial charge in [0.25, 0.3) is 10.0 Å². The lowest BCUT2D eigenvalue weighted by molar-refractivity contribution is 0.134. The second-order valence-electron chi connectivity index (χ2n) is 4.17. The maximum Gasteiger partial charge on any atom is 0.251 e. The van der Waals surface area contributed by atoms with Crippen molar-refractivity contribution in [1.82, 2.24) is 4.72 Å². The van der Waals surface area contributed by atoms with Crippen molar-refractivity contribution in [3.05, 3.63) is 15.9 Å². The lowest BCUT2D eigenvalue weighted by Gasteiger charge is -2.14. The predicted octanol–water partition coefficient (Wildman–Crippen LogP) is 1.95. The molecular formula is C10H14BrNO3S2. The van der Waals surface area contributed by atoms with E-state index < -0.39 is 10.0 Å². The predicted molar refractivity (Wildman–Crippen MR) is 70.6 cm³/mol. The van der Waals surface area contributed by atoms with E-state index in [-0.39, 0.29) is 12.0 Å². The third-order valence-corrected chi connectivity index (χ3v) is 7.08. The molecule has 17 heavy (non-hydrogen) atoms. The van der Waals surface area contributed by atoms with Gasteiger partial charge in [0.1, 0.15) is 4.21 Å². The van der Waals surface area contributed by atoms with Gasteiger partial charge in [-0.25, -0.2) is 13.1 Å². The molecule has 0 amide bonds. The molecule has 0 spiro atoms. The lowest BCUT2D eigenvalue weighted by Crippen LogP contribution is -2.32. The molecule has 1 aliphatic rings. The Hall–Kier alpha value is 0.0500. The molecule has 0 radical (unpaired) electrons. The van der Waals surface area contributed by atoms with Crippen LogP contribution in [0, 0.1) is 5.92 Å². The molecule has 0 saturated heterocycles. The van der Waals surface area contributed by atoms with E-state index in [4.69, 9.17) is 0 Å². The Bertz CT molecular complexity index is 485. The zero-order valence-corrected chi connectivity index (χ0v) is 12.3. The number of hydrogen-bond donors (Lipinski definition) is 2. The molecule has 1 heterocycles. The van der Waals surface area contributed by atoms with Crippen molar-refractivity contribution in [3.63, 3.8) is 0 Å². The molecule has 0 aliphatic heterocycles. The average molecular weight is 340 g/mol. The highest BCUT2D eigenvalue weighted by atomic mass is 79.9. The van der Waals surface area contributed by atoms with Gasteiger partial charge in [0.2, 0.25) is 0 Å². The minimum absolute atomic E-state index is 0.0449. The molecule has 1 aromatic heterocycles. The molecule has 1 aromatic rings. The number of halogens is 1. The van der Waals surface area contributed by atoms with Crippen molar-refractivity contribution in [2.45, 2.75) is 29.6 Å². The molecule has 2 unspecified atom stereocenters. The summed E-state index contributed by atoms with van der Waals surface area (Å²) in [5.41, 5.74) is 0. The molecule has 96 valence electrons. The Labute approximate surface area is 113 Å². The van der Waals surface area contributed by atoms with E-state index in [1.807, 2.05) is 0 Å². The van der Waals surface area contributed by atoms with Crippen LogP contribution >= 0.6 is 27.3 Å². The Morgan fingerprint density at radius 3 is 2.82 bits per heavy atom. The van der Waals surface area contributed by atoms with E-state index >= 15 is 0 Å². The van der Waals surface area contributed by atoms with Crippen LogP contribution in [0.5, 0.6) is 0 Å². The first-order valence-corrected chi connectivity index (χ1v) is 8.57. The van der Waals surface area contributed by atoms with Crippen molar-refractivity contribution in [3.8, 4) is 0 Å². The first-order chi connectivity index (χ1) is 8.00. The van der Waals surface area contributed by atoms with E-state index in [2.05, 4.69) is 20.7 Å². The molecule has 2 N–H and O–H groups in total. The maximum atomic E-state index is 12.0. The SMILES string of the molecule is O=S(=O)(NCC1CCCC1O)c1sccc1Br. The highest BCUT2D eigenvalue weighted by Crippen LogP contribution is 2.29. The molecular weight excluding hydrogens is 326 g/mol. The third-order valence-electron chi connectivity index (χ3n) is 2.98. The van der Waals surface area contributed by atoms with Crippen LogP contribution < -0.4 is 4.72 Å². The monoisotopic (exact) mass is 339 g/mol. The summed E-state index contributed by atoms with van der Waals surface area (Å²) in [4.78, 5) is 0. The Balaban J connectivity index is 2.01. The molecule has 4 nitrogen and oxygen atoms in total. The maximum absolute atomic E-state index is 12.0. The van der Waals surface area contributed by atoms with Crippen LogP contribution in [0.4, 0.5) is 0 Å². The van der Waals surface area contributed by atoms with Crippen molar-refractivity contribution < 1.29 is 13.5 Å². The summed E-state index contributed by atoms with van der Waals surface area (Å²) in [6.07, 6.45) is 2.25. The van der Waals surface area contributed by atoms with Gasteiger partial charge in [-0.3, -0.25) is 0 Å². The largest absolute Gasteiger partial charge is 0.393 e. The second kappa shape index (κ2) is 5.36. The van der Waals surface area contributed by atoms with Gasteiger partial charge in [0, 0.05) is 11.0 Å². The summed E-state index contributed by atoms with van der Waals surface area (Å²) in [5.74, 6) is 0.0449. The number of thiophene rings is 1. The fraction of sp³-hybridized carbons (Fsp3) is 0.600. The molecule has 7 heteroatoms. The smallest absolute Gasteiger partial charge is 0.251 e. The first kappa shape index (κ1) is 13.5. The Kier molecular flexibility index (Phi) is 4.25. The van der Waals surface area contributed by atoms with Gasteiger partial charge in [-0.2, -0.15) is 0 Å². The van der Waals surface area contributed by atoms with Gasteiger partial charge < -0.3 is 5.11 Å². The van der Waals surface area contributed by atoms with Crippen molar-refractivity contribution >= 4 is 37.3 Å². The highest BCUT2D eigenvalue weighted by Gasteiger charge is 2.27. The van der Waals surface area contributed by atoms with Gasteiger partial charge in [-0.15, -0.1) is 11.3 Å². The van der Waals surface area contributed by atoms with Gasteiger partial charge in [0.15, 0.2) is 0 Å². The van der Waals surface area contributed by atoms with Crippen LogP contribution in [-0.4, -0.2) is 26.2 Å². The van der Waals surface area contributed by atoms with Crippen LogP contribution in [0.15, 0.2) is 20.1 Å². The van der Waals surface area contributed by atoms with E-state index in [1.165, 1.54) is 11.3 Å². The number of sulfonamides is 1. The van der Waals surface area contributed by atoms with E-state index in [9.17, 15) is 13.5 Å². The number of aliphatic hydroxyl groups excluding tert-OH is 1. The van der Waals surface area contributed by atoms with Crippen LogP contribution in [0.3, 0.4) is 0 Å². The number of rotatable bonds is 4. The topological polar surface area (TPSA) is 66.4 Å². The van der Waals surface area contributed by atoms with Crippen LogP contribution in [-0.2, 0) is 10.0 Å². The van der Waals surface area contributed by atoms with Gasteiger partial charge in [0.05, 0.1) is 6.10 Å². The van der Waals surface area contributed by atoms with Gasteiger partial charge >= 0.3 is 0 Å². The van der Waals surface area contributed by atoms with Gasteiger partial charge in [-0.05, 0) is 46.1 Å². The fourth-order valence-corrected chi connectivity index (χ4v) is 5.48. The summed E-state index contributed by atoms with van der Waals surface area (Å²) in [7, 11) is -3.45. The lowest BCUT2D eigenvalue weighted by atomic mass is 10.1. The second-order valence-corrected chi connectivity index (χ2v) is 7.90. The minimum atomic E-state index is -3.45. The molecule has 0 aromatic carbocycles. The normalized spacial score (nSPS) is 25.3. The first-order valence-electron chi connectivity index (χ1n) is 5.41. The van der Waals surface area contributed by atoms with Crippen molar-refractivity contribution in [1.29, 1.82) is 0 Å². The quantitative estimate of drug-likeness (QED) is 0.880. The van der Waals surface area contributed by atoms with E-state index in [0.717, 1.165) is 19.3 Å². The van der Waals surface area contributed by atoms with Crippen LogP contribution in [0.2, 0.25) is 0 Å². The summed E-state index contributed by atoms with van der Waals surface area (Å²) >= 11 is 4.39. The average Bonchev–Trinajstić information content (AvgIpc) is 2.85. The zero-order chi connectivity index (χ0) is 12.5. The summed E-state index contributed by atoms with van der Waals surface area (Å²) < 4.78 is 27.4. The fourth-order valence-electron chi connectivity index (χ4n) is 2.01. The van der Waals surface area contributed by atoms with Crippen LogP contribution in [0.25, 0.3) is 0 Å². The zero-order valence-electron chi connectivity index (χ0n) is 9.10. The third kappa shape index (κ3) is 3.08. The number of nitrogens with one attached hydrogen (secondary N) is 1. The number of hydrogen-bond acceptors (Lipinski definition) is 4. The highest BCUT2D eigenvalue weighted by molar-refractivity contribution is 9.10. The van der Waals surface area contributed by atoms with Crippen molar-refractivity contribution in [2.24, 2.45) is 5.92 Å². The Morgan fingerprint density at radius 2 is 2.29 bits per heavy atom.